The molecule has 0 spiro atoms. The van der Waals surface area contributed by atoms with E-state index in [2.05, 4.69) is 29.2 Å². The van der Waals surface area contributed by atoms with Crippen molar-refractivity contribution in [3.8, 4) is 0 Å². The van der Waals surface area contributed by atoms with Crippen LogP contribution < -0.4 is 5.32 Å². The molecular weight excluding hydrogens is 248 g/mol. The fraction of sp³-hybridized carbons (Fsp3) is 0.812. The summed E-state index contributed by atoms with van der Waals surface area (Å²) in [7, 11) is 2.04. The van der Waals surface area contributed by atoms with Crippen molar-refractivity contribution >= 4 is 0 Å². The van der Waals surface area contributed by atoms with E-state index >= 15 is 0 Å². The van der Waals surface area contributed by atoms with Crippen molar-refractivity contribution in [2.24, 2.45) is 13.0 Å². The van der Waals surface area contributed by atoms with Crippen LogP contribution in [0.15, 0.2) is 0 Å². The smallest absolute Gasteiger partial charge is 0.0641 e. The fourth-order valence-electron chi connectivity index (χ4n) is 3.22. The fourth-order valence-corrected chi connectivity index (χ4v) is 3.22. The average Bonchev–Trinajstić information content (AvgIpc) is 3.23. The van der Waals surface area contributed by atoms with E-state index < -0.39 is 0 Å². The van der Waals surface area contributed by atoms with Gasteiger partial charge >= 0.3 is 0 Å². The molecule has 3 rings (SSSR count). The van der Waals surface area contributed by atoms with Crippen LogP contribution in [-0.4, -0.2) is 40.4 Å². The molecular formula is C16H28N4. The Balaban J connectivity index is 1.47. The van der Waals surface area contributed by atoms with Crippen LogP contribution in [0.3, 0.4) is 0 Å². The monoisotopic (exact) mass is 276 g/mol. The maximum Gasteiger partial charge on any atom is 0.0641 e. The first kappa shape index (κ1) is 14.1. The van der Waals surface area contributed by atoms with Crippen LogP contribution in [0.4, 0.5) is 0 Å². The van der Waals surface area contributed by atoms with E-state index in [4.69, 9.17) is 0 Å². The summed E-state index contributed by atoms with van der Waals surface area (Å²) in [5, 5.41) is 8.28. The zero-order valence-corrected chi connectivity index (χ0v) is 13.2. The largest absolute Gasteiger partial charge is 0.314 e. The highest BCUT2D eigenvalue weighted by molar-refractivity contribution is 5.24. The molecule has 4 heteroatoms. The third kappa shape index (κ3) is 3.23. The Hall–Kier alpha value is -0.870. The third-order valence-electron chi connectivity index (χ3n) is 5.02. The van der Waals surface area contributed by atoms with Gasteiger partial charge in [0.1, 0.15) is 0 Å². The number of nitrogens with one attached hydrogen (secondary N) is 1. The SMILES string of the molecule is Cc1nn(C)c(C)c1CN1CCC(NCC2CC2)CC1. The third-order valence-corrected chi connectivity index (χ3v) is 5.02. The van der Waals surface area contributed by atoms with Gasteiger partial charge in [-0.05, 0) is 65.1 Å². The van der Waals surface area contributed by atoms with E-state index in [9.17, 15) is 0 Å². The Labute approximate surface area is 122 Å². The Kier molecular flexibility index (Phi) is 4.13. The summed E-state index contributed by atoms with van der Waals surface area (Å²) < 4.78 is 2.01. The molecule has 2 aliphatic rings. The molecule has 20 heavy (non-hydrogen) atoms. The van der Waals surface area contributed by atoms with Gasteiger partial charge in [-0.15, -0.1) is 0 Å². The molecule has 0 aromatic carbocycles. The van der Waals surface area contributed by atoms with Crippen LogP contribution in [0.1, 0.15) is 42.6 Å². The Morgan fingerprint density at radius 1 is 1.15 bits per heavy atom. The molecule has 1 aromatic rings. The summed E-state index contributed by atoms with van der Waals surface area (Å²) in [5.41, 5.74) is 3.94. The first-order valence-electron chi connectivity index (χ1n) is 8.08. The molecule has 0 bridgehead atoms. The van der Waals surface area contributed by atoms with Crippen LogP contribution in [0.2, 0.25) is 0 Å². The van der Waals surface area contributed by atoms with E-state index in [0.29, 0.717) is 0 Å². The van der Waals surface area contributed by atoms with Gasteiger partial charge in [-0.2, -0.15) is 5.10 Å². The number of hydrogen-bond acceptors (Lipinski definition) is 3. The van der Waals surface area contributed by atoms with Gasteiger partial charge in [0.05, 0.1) is 5.69 Å². The number of piperidine rings is 1. The molecule has 4 nitrogen and oxygen atoms in total. The van der Waals surface area contributed by atoms with Crippen molar-refractivity contribution in [2.45, 2.75) is 52.1 Å². The predicted molar refractivity (Wildman–Crippen MR) is 81.7 cm³/mol. The summed E-state index contributed by atoms with van der Waals surface area (Å²) in [6.07, 6.45) is 5.49. The standard InChI is InChI=1S/C16H28N4/c1-12-16(13(2)19(3)18-12)11-20-8-6-15(7-9-20)17-10-14-4-5-14/h14-15,17H,4-11H2,1-3H3. The van der Waals surface area contributed by atoms with Crippen molar-refractivity contribution < 1.29 is 0 Å². The lowest BCUT2D eigenvalue weighted by Crippen LogP contribution is -2.42. The van der Waals surface area contributed by atoms with Crippen LogP contribution >= 0.6 is 0 Å². The Morgan fingerprint density at radius 3 is 2.40 bits per heavy atom. The molecule has 1 aromatic heterocycles. The lowest BCUT2D eigenvalue weighted by molar-refractivity contribution is 0.189. The zero-order valence-electron chi connectivity index (χ0n) is 13.2. The molecule has 1 aliphatic carbocycles. The zero-order chi connectivity index (χ0) is 14.1. The van der Waals surface area contributed by atoms with Gasteiger partial charge < -0.3 is 5.32 Å². The van der Waals surface area contributed by atoms with Crippen molar-refractivity contribution in [3.63, 3.8) is 0 Å². The number of aryl methyl sites for hydroxylation is 2. The first-order chi connectivity index (χ1) is 9.63. The molecule has 1 saturated carbocycles. The van der Waals surface area contributed by atoms with Gasteiger partial charge in [0.25, 0.3) is 0 Å². The van der Waals surface area contributed by atoms with Crippen LogP contribution in [0.5, 0.6) is 0 Å². The summed E-state index contributed by atoms with van der Waals surface area (Å²) in [6.45, 7) is 9.07. The minimum Gasteiger partial charge on any atom is -0.314 e. The number of rotatable bonds is 5. The minimum absolute atomic E-state index is 0.753. The molecule has 0 amide bonds. The quantitative estimate of drug-likeness (QED) is 0.893. The first-order valence-corrected chi connectivity index (χ1v) is 8.08. The molecule has 2 fully saturated rings. The van der Waals surface area contributed by atoms with Gasteiger partial charge in [-0.3, -0.25) is 9.58 Å². The van der Waals surface area contributed by atoms with E-state index in [1.807, 2.05) is 11.7 Å². The van der Waals surface area contributed by atoms with Gasteiger partial charge in [0.15, 0.2) is 0 Å². The second kappa shape index (κ2) is 5.86. The Morgan fingerprint density at radius 2 is 1.85 bits per heavy atom. The molecule has 1 aliphatic heterocycles. The topological polar surface area (TPSA) is 33.1 Å². The van der Waals surface area contributed by atoms with Crippen molar-refractivity contribution in [1.82, 2.24) is 20.0 Å². The molecule has 0 atom stereocenters. The van der Waals surface area contributed by atoms with Gasteiger partial charge in [0.2, 0.25) is 0 Å². The lowest BCUT2D eigenvalue weighted by Gasteiger charge is -2.32. The second-order valence-corrected chi connectivity index (χ2v) is 6.68. The molecule has 112 valence electrons. The Bertz CT molecular complexity index is 453. The van der Waals surface area contributed by atoms with Crippen LogP contribution in [-0.2, 0) is 13.6 Å². The summed E-state index contributed by atoms with van der Waals surface area (Å²) in [5.74, 6) is 0.994. The lowest BCUT2D eigenvalue weighted by atomic mass is 10.0. The van der Waals surface area contributed by atoms with Crippen molar-refractivity contribution in [3.05, 3.63) is 17.0 Å². The summed E-state index contributed by atoms with van der Waals surface area (Å²) in [6, 6.07) is 0.753. The minimum atomic E-state index is 0.753. The predicted octanol–water partition coefficient (Wildman–Crippen LogP) is 2.00. The summed E-state index contributed by atoms with van der Waals surface area (Å²) >= 11 is 0. The highest BCUT2D eigenvalue weighted by Crippen LogP contribution is 2.28. The van der Waals surface area contributed by atoms with Crippen molar-refractivity contribution in [1.29, 1.82) is 0 Å². The second-order valence-electron chi connectivity index (χ2n) is 6.68. The molecule has 1 N–H and O–H groups in total. The van der Waals surface area contributed by atoms with Crippen LogP contribution in [0.25, 0.3) is 0 Å². The van der Waals surface area contributed by atoms with Gasteiger partial charge in [0, 0.05) is 30.9 Å². The van der Waals surface area contributed by atoms with Crippen LogP contribution in [0, 0.1) is 19.8 Å². The highest BCUT2D eigenvalue weighted by Gasteiger charge is 2.25. The van der Waals surface area contributed by atoms with E-state index in [1.54, 1.807) is 0 Å². The van der Waals surface area contributed by atoms with Gasteiger partial charge in [-0.1, -0.05) is 0 Å². The normalized spacial score (nSPS) is 21.6. The maximum absolute atomic E-state index is 4.52. The number of nitrogens with zero attached hydrogens (tertiary/aromatic N) is 3. The number of aromatic nitrogens is 2. The van der Waals surface area contributed by atoms with Gasteiger partial charge in [-0.25, -0.2) is 0 Å². The van der Waals surface area contributed by atoms with E-state index in [0.717, 1.165) is 18.5 Å². The molecule has 0 radical (unpaired) electrons. The molecule has 2 heterocycles. The molecule has 1 saturated heterocycles. The number of likely N-dealkylation sites (tertiary alicyclic amines) is 1. The summed E-state index contributed by atoms with van der Waals surface area (Å²) in [4.78, 5) is 2.59. The average molecular weight is 276 g/mol. The van der Waals surface area contributed by atoms with Crippen molar-refractivity contribution in [2.75, 3.05) is 19.6 Å². The highest BCUT2D eigenvalue weighted by atomic mass is 15.3. The maximum atomic E-state index is 4.52. The van der Waals surface area contributed by atoms with E-state index in [1.165, 1.54) is 62.3 Å². The molecule has 0 unspecified atom stereocenters. The van der Waals surface area contributed by atoms with E-state index in [-0.39, 0.29) is 0 Å². The number of hydrogen-bond donors (Lipinski definition) is 1.